The van der Waals surface area contributed by atoms with Gasteiger partial charge in [-0.1, -0.05) is 25.4 Å². The molecule has 152 valence electrons. The van der Waals surface area contributed by atoms with Gasteiger partial charge in [0.1, 0.15) is 6.61 Å². The molecule has 3 heterocycles. The van der Waals surface area contributed by atoms with Crippen LogP contribution in [0.2, 0.25) is 5.02 Å². The molecule has 1 aliphatic rings. The fourth-order valence-corrected chi connectivity index (χ4v) is 4.17. The smallest absolute Gasteiger partial charge is 0.416 e. The van der Waals surface area contributed by atoms with Crippen LogP contribution >= 0.6 is 23.1 Å². The summed E-state index contributed by atoms with van der Waals surface area (Å²) in [7, 11) is 0. The number of anilines is 2. The average molecular weight is 434 g/mol. The quantitative estimate of drug-likeness (QED) is 0.625. The molecule has 0 aliphatic carbocycles. The van der Waals surface area contributed by atoms with E-state index in [0.29, 0.717) is 28.3 Å². The van der Waals surface area contributed by atoms with Crippen LogP contribution in [0.4, 0.5) is 15.9 Å². The summed E-state index contributed by atoms with van der Waals surface area (Å²) in [6, 6.07) is 6.68. The lowest BCUT2D eigenvalue weighted by molar-refractivity contribution is 0.177. The highest BCUT2D eigenvalue weighted by Gasteiger charge is 2.38. The van der Waals surface area contributed by atoms with Crippen LogP contribution in [-0.2, 0) is 4.74 Å². The first-order valence-corrected chi connectivity index (χ1v) is 10.4. The summed E-state index contributed by atoms with van der Waals surface area (Å²) in [5.74, 6) is 0.578. The van der Waals surface area contributed by atoms with Gasteiger partial charge in [0, 0.05) is 33.0 Å². The van der Waals surface area contributed by atoms with Gasteiger partial charge in [0.2, 0.25) is 11.1 Å². The van der Waals surface area contributed by atoms with E-state index in [2.05, 4.69) is 19.7 Å². The molecular formula is C19H20ClN5O3S. The third-order valence-corrected chi connectivity index (χ3v) is 5.89. The van der Waals surface area contributed by atoms with Crippen molar-refractivity contribution in [2.24, 2.45) is 5.92 Å². The first-order valence-electron chi connectivity index (χ1n) is 9.22. The fraction of sp³-hybridized carbons (Fsp3) is 0.368. The summed E-state index contributed by atoms with van der Waals surface area (Å²) in [6.45, 7) is 6.24. The molecule has 0 spiro atoms. The zero-order valence-electron chi connectivity index (χ0n) is 16.1. The minimum Gasteiger partial charge on any atom is -0.447 e. The van der Waals surface area contributed by atoms with Crippen LogP contribution in [0, 0.1) is 5.92 Å². The number of fused-ring (bicyclic) bond motifs is 1. The maximum atomic E-state index is 12.5. The molecule has 1 aromatic carbocycles. The predicted octanol–water partition coefficient (Wildman–Crippen LogP) is 4.19. The summed E-state index contributed by atoms with van der Waals surface area (Å²) in [6.07, 6.45) is -0.415. The van der Waals surface area contributed by atoms with E-state index in [0.717, 1.165) is 22.4 Å². The minimum atomic E-state index is -0.415. The van der Waals surface area contributed by atoms with Crippen LogP contribution in [0.5, 0.6) is 0 Å². The number of halogens is 1. The van der Waals surface area contributed by atoms with Gasteiger partial charge in [0.05, 0.1) is 12.1 Å². The molecule has 29 heavy (non-hydrogen) atoms. The Bertz CT molecular complexity index is 1130. The number of carbonyl (C=O) groups is 1. The summed E-state index contributed by atoms with van der Waals surface area (Å²) in [4.78, 5) is 33.4. The van der Waals surface area contributed by atoms with Gasteiger partial charge in [-0.05, 0) is 37.1 Å². The molecular weight excluding hydrogens is 414 g/mol. The molecule has 2 N–H and O–H groups in total. The second-order valence-electron chi connectivity index (χ2n) is 7.31. The Balaban J connectivity index is 1.57. The third-order valence-electron chi connectivity index (χ3n) is 4.94. The number of nitrogens with one attached hydrogen (secondary N) is 2. The number of aromatic nitrogens is 3. The van der Waals surface area contributed by atoms with Crippen molar-refractivity contribution in [3.05, 3.63) is 45.2 Å². The maximum absolute atomic E-state index is 12.5. The molecule has 2 aromatic heterocycles. The van der Waals surface area contributed by atoms with E-state index in [-0.39, 0.29) is 23.6 Å². The summed E-state index contributed by atoms with van der Waals surface area (Å²) in [5, 5.41) is 5.05. The number of hydrogen-bond donors (Lipinski definition) is 2. The lowest BCUT2D eigenvalue weighted by atomic mass is 10.1. The Morgan fingerprint density at radius 1 is 1.31 bits per heavy atom. The number of benzene rings is 1. The summed E-state index contributed by atoms with van der Waals surface area (Å²) < 4.78 is 9.47. The Morgan fingerprint density at radius 3 is 2.86 bits per heavy atom. The van der Waals surface area contributed by atoms with Crippen molar-refractivity contribution in [3.8, 4) is 0 Å². The van der Waals surface area contributed by atoms with Crippen LogP contribution in [0.15, 0.2) is 29.1 Å². The number of H-pyrrole nitrogens is 1. The Morgan fingerprint density at radius 2 is 2.10 bits per heavy atom. The van der Waals surface area contributed by atoms with Gasteiger partial charge in [-0.25, -0.2) is 9.69 Å². The standard InChI is InChI=1S/C19H20ClN5O3S/c1-9(2)15-8-28-19(27)25(15)18-23-17(24-29-18)21-10(3)13-7-11-6-12(20)4-5-14(11)22-16(13)26/h4-7,9-10,15H,8H2,1-3H3,(H,21,24)(H,22,26)/t10-,15+/m0/s1. The molecule has 1 amide bonds. The zero-order chi connectivity index (χ0) is 20.7. The normalized spacial score (nSPS) is 17.8. The largest absolute Gasteiger partial charge is 0.447 e. The Hall–Kier alpha value is -2.65. The van der Waals surface area contributed by atoms with Gasteiger partial charge in [0.25, 0.3) is 5.56 Å². The van der Waals surface area contributed by atoms with E-state index in [9.17, 15) is 9.59 Å². The molecule has 10 heteroatoms. The molecule has 1 saturated heterocycles. The molecule has 3 aromatic rings. The molecule has 0 unspecified atom stereocenters. The van der Waals surface area contributed by atoms with Gasteiger partial charge in [-0.3, -0.25) is 4.79 Å². The second-order valence-corrected chi connectivity index (χ2v) is 8.48. The van der Waals surface area contributed by atoms with Crippen molar-refractivity contribution < 1.29 is 9.53 Å². The van der Waals surface area contributed by atoms with Crippen LogP contribution in [0.25, 0.3) is 10.9 Å². The van der Waals surface area contributed by atoms with Gasteiger partial charge < -0.3 is 15.0 Å². The van der Waals surface area contributed by atoms with Gasteiger partial charge in [-0.2, -0.15) is 9.36 Å². The number of amides is 1. The maximum Gasteiger partial charge on any atom is 0.416 e. The number of pyridine rings is 1. The van der Waals surface area contributed by atoms with Crippen LogP contribution < -0.4 is 15.8 Å². The van der Waals surface area contributed by atoms with Crippen molar-refractivity contribution in [2.75, 3.05) is 16.8 Å². The highest BCUT2D eigenvalue weighted by Crippen LogP contribution is 2.30. The van der Waals surface area contributed by atoms with E-state index in [1.807, 2.05) is 20.8 Å². The van der Waals surface area contributed by atoms with Gasteiger partial charge in [-0.15, -0.1) is 0 Å². The van der Waals surface area contributed by atoms with E-state index >= 15 is 0 Å². The summed E-state index contributed by atoms with van der Waals surface area (Å²) in [5.41, 5.74) is 1.06. The molecule has 4 rings (SSSR count). The number of hydrogen-bond acceptors (Lipinski definition) is 7. The molecule has 1 fully saturated rings. The number of aromatic amines is 1. The highest BCUT2D eigenvalue weighted by atomic mass is 35.5. The molecule has 0 saturated carbocycles. The Kier molecular flexibility index (Phi) is 5.18. The first kappa shape index (κ1) is 19.7. The number of ether oxygens (including phenoxy) is 1. The third kappa shape index (κ3) is 3.79. The van der Waals surface area contributed by atoms with Crippen molar-refractivity contribution in [1.82, 2.24) is 14.3 Å². The molecule has 2 atom stereocenters. The molecule has 0 radical (unpaired) electrons. The number of nitrogens with zero attached hydrogens (tertiary/aromatic N) is 3. The molecule has 8 nitrogen and oxygen atoms in total. The molecule has 0 bridgehead atoms. The zero-order valence-corrected chi connectivity index (χ0v) is 17.7. The lowest BCUT2D eigenvalue weighted by Gasteiger charge is -2.21. The first-order chi connectivity index (χ1) is 13.8. The van der Waals surface area contributed by atoms with Crippen molar-refractivity contribution >= 4 is 51.2 Å². The van der Waals surface area contributed by atoms with E-state index in [1.165, 1.54) is 0 Å². The minimum absolute atomic E-state index is 0.0752. The number of cyclic esters (lactones) is 1. The monoisotopic (exact) mass is 433 g/mol. The Labute approximate surface area is 176 Å². The van der Waals surface area contributed by atoms with E-state index < -0.39 is 6.09 Å². The van der Waals surface area contributed by atoms with Gasteiger partial charge >= 0.3 is 6.09 Å². The van der Waals surface area contributed by atoms with E-state index in [1.54, 1.807) is 29.2 Å². The van der Waals surface area contributed by atoms with Crippen molar-refractivity contribution in [2.45, 2.75) is 32.9 Å². The van der Waals surface area contributed by atoms with Gasteiger partial charge in [0.15, 0.2) is 0 Å². The second kappa shape index (κ2) is 7.64. The number of carbonyl (C=O) groups excluding carboxylic acids is 1. The van der Waals surface area contributed by atoms with Crippen molar-refractivity contribution in [3.63, 3.8) is 0 Å². The number of rotatable bonds is 5. The molecule has 1 aliphatic heterocycles. The fourth-order valence-electron chi connectivity index (χ4n) is 3.31. The van der Waals surface area contributed by atoms with Crippen LogP contribution in [-0.4, -0.2) is 33.1 Å². The predicted molar refractivity (Wildman–Crippen MR) is 114 cm³/mol. The van der Waals surface area contributed by atoms with Crippen molar-refractivity contribution in [1.29, 1.82) is 0 Å². The summed E-state index contributed by atoms with van der Waals surface area (Å²) >= 11 is 7.18. The van der Waals surface area contributed by atoms with Crippen LogP contribution in [0.3, 0.4) is 0 Å². The highest BCUT2D eigenvalue weighted by molar-refractivity contribution is 7.10. The van der Waals surface area contributed by atoms with E-state index in [4.69, 9.17) is 16.3 Å². The topological polar surface area (TPSA) is 100 Å². The lowest BCUT2D eigenvalue weighted by Crippen LogP contribution is -2.37. The average Bonchev–Trinajstić information content (AvgIpc) is 3.27. The van der Waals surface area contributed by atoms with Crippen LogP contribution in [0.1, 0.15) is 32.4 Å². The SMILES string of the molecule is CC(C)[C@H]1COC(=O)N1c1nc(N[C@@H](C)c2cc3cc(Cl)ccc3[nH]c2=O)ns1.